The van der Waals surface area contributed by atoms with Crippen molar-refractivity contribution in [2.45, 2.75) is 6.92 Å². The van der Waals surface area contributed by atoms with Crippen LogP contribution < -0.4 is 5.32 Å². The van der Waals surface area contributed by atoms with Gasteiger partial charge >= 0.3 is 5.69 Å². The predicted octanol–water partition coefficient (Wildman–Crippen LogP) is 2.60. The molecule has 0 atom stereocenters. The number of amides is 1. The van der Waals surface area contributed by atoms with Crippen molar-refractivity contribution in [3.63, 3.8) is 0 Å². The second-order valence-electron chi connectivity index (χ2n) is 3.93. The number of nitro groups is 1. The lowest BCUT2D eigenvalue weighted by molar-refractivity contribution is -0.385. The molecule has 1 amide bonds. The Hall–Kier alpha value is -2.54. The van der Waals surface area contributed by atoms with Crippen LogP contribution >= 0.6 is 11.6 Å². The van der Waals surface area contributed by atoms with Gasteiger partial charge in [0.1, 0.15) is 11.4 Å². The smallest absolute Gasteiger partial charge is 0.306 e. The number of pyridine rings is 2. The Morgan fingerprint density at radius 2 is 2.05 bits per heavy atom. The zero-order valence-electron chi connectivity index (χ0n) is 10.3. The molecule has 0 saturated carbocycles. The Balaban J connectivity index is 2.35. The lowest BCUT2D eigenvalue weighted by Gasteiger charge is -2.06. The first-order valence-corrected chi connectivity index (χ1v) is 5.89. The Morgan fingerprint density at radius 3 is 2.70 bits per heavy atom. The van der Waals surface area contributed by atoms with Crippen LogP contribution in [0.5, 0.6) is 0 Å². The Labute approximate surface area is 118 Å². The van der Waals surface area contributed by atoms with Crippen LogP contribution in [0.15, 0.2) is 30.6 Å². The highest BCUT2D eigenvalue weighted by Crippen LogP contribution is 2.26. The number of aryl methyl sites for hydroxylation is 1. The monoisotopic (exact) mass is 292 g/mol. The second kappa shape index (κ2) is 5.62. The molecule has 0 fully saturated rings. The van der Waals surface area contributed by atoms with E-state index in [-0.39, 0.29) is 10.7 Å². The van der Waals surface area contributed by atoms with Gasteiger partial charge < -0.3 is 5.32 Å². The van der Waals surface area contributed by atoms with E-state index in [4.69, 9.17) is 11.6 Å². The Morgan fingerprint density at radius 1 is 1.35 bits per heavy atom. The van der Waals surface area contributed by atoms with Crippen LogP contribution in [0.3, 0.4) is 0 Å². The molecule has 2 aromatic heterocycles. The molecule has 0 aliphatic carbocycles. The Bertz CT molecular complexity index is 690. The van der Waals surface area contributed by atoms with Gasteiger partial charge in [0.2, 0.25) is 5.15 Å². The molecule has 2 rings (SSSR count). The first-order valence-electron chi connectivity index (χ1n) is 5.52. The zero-order chi connectivity index (χ0) is 14.7. The maximum absolute atomic E-state index is 12.1. The third-order valence-corrected chi connectivity index (χ3v) is 2.74. The van der Waals surface area contributed by atoms with E-state index in [0.29, 0.717) is 5.82 Å². The molecule has 0 spiro atoms. The molecule has 0 aliphatic heterocycles. The van der Waals surface area contributed by atoms with Gasteiger partial charge in [0.05, 0.1) is 4.92 Å². The van der Waals surface area contributed by atoms with Gasteiger partial charge in [-0.15, -0.1) is 0 Å². The van der Waals surface area contributed by atoms with Gasteiger partial charge in [-0.3, -0.25) is 14.9 Å². The molecule has 0 aliphatic rings. The summed E-state index contributed by atoms with van der Waals surface area (Å²) in [6, 6.07) is 4.64. The van der Waals surface area contributed by atoms with Gasteiger partial charge in [0.15, 0.2) is 0 Å². The normalized spacial score (nSPS) is 10.1. The Kier molecular flexibility index (Phi) is 3.90. The molecule has 0 radical (unpaired) electrons. The molecule has 1 N–H and O–H groups in total. The standard InChI is InChI=1S/C12H9ClN4O3/c1-7-2-4-14-9(6-7)16-12(18)8-3-5-15-11(13)10(8)17(19)20/h2-6H,1H3,(H,14,16,18). The van der Waals surface area contributed by atoms with Crippen LogP contribution in [0.4, 0.5) is 11.5 Å². The van der Waals surface area contributed by atoms with Crippen molar-refractivity contribution >= 4 is 29.0 Å². The summed E-state index contributed by atoms with van der Waals surface area (Å²) in [6.07, 6.45) is 2.76. The van der Waals surface area contributed by atoms with Gasteiger partial charge in [-0.05, 0) is 30.7 Å². The van der Waals surface area contributed by atoms with Gasteiger partial charge in [0.25, 0.3) is 5.91 Å². The lowest BCUT2D eigenvalue weighted by atomic mass is 10.2. The van der Waals surface area contributed by atoms with E-state index in [9.17, 15) is 14.9 Å². The number of nitrogens with one attached hydrogen (secondary N) is 1. The van der Waals surface area contributed by atoms with Crippen LogP contribution in [0.1, 0.15) is 15.9 Å². The van der Waals surface area contributed by atoms with E-state index in [2.05, 4.69) is 15.3 Å². The SMILES string of the molecule is Cc1ccnc(NC(=O)c2ccnc(Cl)c2[N+](=O)[O-])c1. The fourth-order valence-electron chi connectivity index (χ4n) is 1.57. The molecule has 102 valence electrons. The number of carbonyl (C=O) groups is 1. The summed E-state index contributed by atoms with van der Waals surface area (Å²) in [4.78, 5) is 29.8. The minimum atomic E-state index is -0.742. The zero-order valence-corrected chi connectivity index (χ0v) is 11.1. The number of hydrogen-bond donors (Lipinski definition) is 1. The highest BCUT2D eigenvalue weighted by atomic mass is 35.5. The van der Waals surface area contributed by atoms with E-state index in [1.54, 1.807) is 12.1 Å². The summed E-state index contributed by atoms with van der Waals surface area (Å²) >= 11 is 5.65. The quantitative estimate of drug-likeness (QED) is 0.532. The number of rotatable bonds is 3. The maximum Gasteiger partial charge on any atom is 0.319 e. The van der Waals surface area contributed by atoms with E-state index < -0.39 is 16.5 Å². The topological polar surface area (TPSA) is 98.0 Å². The predicted molar refractivity (Wildman–Crippen MR) is 72.8 cm³/mol. The minimum absolute atomic E-state index is 0.168. The largest absolute Gasteiger partial charge is 0.319 e. The molecule has 0 saturated heterocycles. The van der Waals surface area contributed by atoms with Crippen molar-refractivity contribution in [3.8, 4) is 0 Å². The van der Waals surface area contributed by atoms with E-state index in [0.717, 1.165) is 5.56 Å². The third kappa shape index (κ3) is 2.89. The van der Waals surface area contributed by atoms with Gasteiger partial charge in [-0.1, -0.05) is 11.6 Å². The number of carbonyl (C=O) groups excluding carboxylic acids is 1. The average Bonchev–Trinajstić information content (AvgIpc) is 2.37. The molecule has 0 bridgehead atoms. The highest BCUT2D eigenvalue weighted by Gasteiger charge is 2.24. The summed E-state index contributed by atoms with van der Waals surface area (Å²) in [5.41, 5.74) is 0.204. The number of aromatic nitrogens is 2. The molecular weight excluding hydrogens is 284 g/mol. The van der Waals surface area contributed by atoms with E-state index in [1.807, 2.05) is 6.92 Å². The number of anilines is 1. The lowest BCUT2D eigenvalue weighted by Crippen LogP contribution is -2.15. The summed E-state index contributed by atoms with van der Waals surface area (Å²) < 4.78 is 0. The number of nitrogens with zero attached hydrogens (tertiary/aromatic N) is 3. The average molecular weight is 293 g/mol. The van der Waals surface area contributed by atoms with Gasteiger partial charge in [-0.25, -0.2) is 9.97 Å². The molecular formula is C12H9ClN4O3. The molecule has 20 heavy (non-hydrogen) atoms. The summed E-state index contributed by atoms with van der Waals surface area (Å²) in [6.45, 7) is 1.84. The summed E-state index contributed by atoms with van der Waals surface area (Å²) in [5, 5.41) is 13.1. The molecule has 7 nitrogen and oxygen atoms in total. The van der Waals surface area contributed by atoms with Crippen molar-refractivity contribution in [3.05, 3.63) is 57.0 Å². The van der Waals surface area contributed by atoms with Gasteiger partial charge in [-0.2, -0.15) is 0 Å². The molecule has 8 heteroatoms. The fourth-order valence-corrected chi connectivity index (χ4v) is 1.80. The van der Waals surface area contributed by atoms with Crippen LogP contribution in [0.25, 0.3) is 0 Å². The molecule has 2 aromatic rings. The maximum atomic E-state index is 12.1. The van der Waals surface area contributed by atoms with E-state index >= 15 is 0 Å². The highest BCUT2D eigenvalue weighted by molar-refractivity contribution is 6.32. The van der Waals surface area contributed by atoms with Crippen molar-refractivity contribution in [2.75, 3.05) is 5.32 Å². The first kappa shape index (κ1) is 13.9. The van der Waals surface area contributed by atoms with Crippen molar-refractivity contribution in [1.29, 1.82) is 0 Å². The van der Waals surface area contributed by atoms with Gasteiger partial charge in [0, 0.05) is 12.4 Å². The van der Waals surface area contributed by atoms with Crippen LogP contribution in [0.2, 0.25) is 5.15 Å². The summed E-state index contributed by atoms with van der Waals surface area (Å²) in [5.74, 6) is -0.365. The van der Waals surface area contributed by atoms with E-state index in [1.165, 1.54) is 18.5 Å². The molecule has 0 aromatic carbocycles. The molecule has 0 unspecified atom stereocenters. The summed E-state index contributed by atoms with van der Waals surface area (Å²) in [7, 11) is 0. The number of halogens is 1. The van der Waals surface area contributed by atoms with Crippen molar-refractivity contribution in [2.24, 2.45) is 0 Å². The third-order valence-electron chi connectivity index (χ3n) is 2.46. The second-order valence-corrected chi connectivity index (χ2v) is 4.29. The molecule has 2 heterocycles. The van der Waals surface area contributed by atoms with Crippen molar-refractivity contribution < 1.29 is 9.72 Å². The minimum Gasteiger partial charge on any atom is -0.306 e. The first-order chi connectivity index (χ1) is 9.49. The van der Waals surface area contributed by atoms with Crippen LogP contribution in [-0.2, 0) is 0 Å². The van der Waals surface area contributed by atoms with Crippen molar-refractivity contribution in [1.82, 2.24) is 9.97 Å². The number of hydrogen-bond acceptors (Lipinski definition) is 5. The fraction of sp³-hybridized carbons (Fsp3) is 0.0833. The van der Waals surface area contributed by atoms with Crippen LogP contribution in [0, 0.1) is 17.0 Å². The van der Waals surface area contributed by atoms with Crippen LogP contribution in [-0.4, -0.2) is 20.8 Å².